The minimum absolute atomic E-state index is 0.0480. The first-order valence-electron chi connectivity index (χ1n) is 27.8. The number of nitrogens with zero attached hydrogens (tertiary/aromatic N) is 5. The summed E-state index contributed by atoms with van der Waals surface area (Å²) in [5, 5.41) is 2.98. The summed E-state index contributed by atoms with van der Waals surface area (Å²) in [5.74, 6) is -0.842. The van der Waals surface area contributed by atoms with Crippen LogP contribution in [0.2, 0.25) is 0 Å². The van der Waals surface area contributed by atoms with Gasteiger partial charge < -0.3 is 25.7 Å². The molecule has 454 valence electrons. The molecule has 0 radical (unpaired) electrons. The van der Waals surface area contributed by atoms with E-state index in [2.05, 4.69) is 29.8 Å². The molecule has 0 saturated heterocycles. The van der Waals surface area contributed by atoms with E-state index in [9.17, 15) is 56.7 Å². The van der Waals surface area contributed by atoms with E-state index in [0.29, 0.717) is 104 Å². The number of rotatable bonds is 29. The number of fused-ring (bicyclic) bond motifs is 3. The Morgan fingerprint density at radius 3 is 2.08 bits per heavy atom. The van der Waals surface area contributed by atoms with Gasteiger partial charge in [-0.15, -0.1) is 0 Å². The number of aromatic nitrogens is 4. The number of nitrogens with one attached hydrogen (secondary N) is 2. The van der Waals surface area contributed by atoms with E-state index < -0.39 is 62.8 Å². The molecule has 26 heteroatoms. The second-order valence-electron chi connectivity index (χ2n) is 21.7. The topological polar surface area (TPSA) is 343 Å². The number of hydrogen-bond acceptors (Lipinski definition) is 15. The van der Waals surface area contributed by atoms with E-state index in [1.54, 1.807) is 12.1 Å². The van der Waals surface area contributed by atoms with Crippen LogP contribution in [0.15, 0.2) is 149 Å². The van der Waals surface area contributed by atoms with Crippen LogP contribution in [-0.2, 0) is 69.2 Å². The number of nitrogens with two attached hydrogens (primary N) is 1. The number of amides is 1. The van der Waals surface area contributed by atoms with Gasteiger partial charge in [-0.1, -0.05) is 92.1 Å². The molecule has 8 rings (SSSR count). The molecule has 2 aliphatic heterocycles. The lowest BCUT2D eigenvalue weighted by Crippen LogP contribution is -2.32. The van der Waals surface area contributed by atoms with E-state index in [1.165, 1.54) is 30.6 Å². The van der Waals surface area contributed by atoms with Crippen LogP contribution in [0.25, 0.3) is 11.2 Å². The number of carbonyl (C=O) groups is 1. The first-order chi connectivity index (χ1) is 40.2. The second kappa shape index (κ2) is 27.0. The first kappa shape index (κ1) is 63.8. The molecule has 0 spiro atoms. The zero-order valence-corrected chi connectivity index (χ0v) is 50.4. The van der Waals surface area contributed by atoms with Gasteiger partial charge in [0.2, 0.25) is 23.4 Å². The molecule has 2 atom stereocenters. The molecular formula is C59H71N8O14S4+. The standard InChI is InChI=1S/C59H70N8O14S4/c1-58(31-10-13-35-82(69,70)71)47-37-45(84(75,76)77)27-29-49(47)66(33-12-6-9-22-53(68)61-39-43-23-25-44(26-24-43)40-81-56-54-55(63-41-62-54)64-57(60)65-56)51(58)20-15-21-52-59(2,32-11-14-36-83(72,73)74)48-38-46(85(78,79)80)28-30-50(48)67(52)34-16-19-42-17-7-4-3-5-8-18-42/h3-5,7-8,15,17-18,20-21,23-30,37-38,41H,6,9-14,16,19,22,31-36,39-40H2,1-2H3,(H7-,60,61,62,63,64,65,68,69,70,71,72,73,74,75,76,77,78,79,80)/p+1/b4-3-,5-3?,7-4?,8-5-,17-7-,18-8?,42-17?,42-18+. The van der Waals surface area contributed by atoms with Crippen LogP contribution in [-0.4, -0.2) is 113 Å². The Balaban J connectivity index is 1.05. The maximum absolute atomic E-state index is 13.2. The number of nitrogen functional groups attached to an aromatic ring is 1. The van der Waals surface area contributed by atoms with Crippen molar-refractivity contribution >= 4 is 80.6 Å². The molecule has 2 unspecified atom stereocenters. The van der Waals surface area contributed by atoms with Crippen molar-refractivity contribution in [2.75, 3.05) is 35.2 Å². The summed E-state index contributed by atoms with van der Waals surface area (Å²) in [7, 11) is -18.0. The highest BCUT2D eigenvalue weighted by Gasteiger charge is 2.48. The Bertz CT molecular complexity index is 4010. The van der Waals surface area contributed by atoms with E-state index >= 15 is 0 Å². The minimum Gasteiger partial charge on any atom is -0.471 e. The lowest BCUT2D eigenvalue weighted by molar-refractivity contribution is -0.438. The maximum Gasteiger partial charge on any atom is 0.294 e. The number of allylic oxidation sites excluding steroid dienone is 12. The van der Waals surface area contributed by atoms with Gasteiger partial charge in [0.1, 0.15) is 13.2 Å². The summed E-state index contributed by atoms with van der Waals surface area (Å²) < 4.78 is 146. The normalized spacial score (nSPS) is 20.3. The number of anilines is 2. The second-order valence-corrected chi connectivity index (χ2v) is 27.7. The summed E-state index contributed by atoms with van der Waals surface area (Å²) in [5.41, 5.74) is 11.4. The highest BCUT2D eigenvalue weighted by Crippen LogP contribution is 2.52. The number of benzene rings is 3. The lowest BCUT2D eigenvalue weighted by Gasteiger charge is -2.30. The third kappa shape index (κ3) is 16.6. The fourth-order valence-electron chi connectivity index (χ4n) is 11.2. The van der Waals surface area contributed by atoms with Crippen molar-refractivity contribution in [3.05, 3.63) is 161 Å². The Hall–Kier alpha value is -7.17. The van der Waals surface area contributed by atoms with Crippen LogP contribution in [0.4, 0.5) is 17.3 Å². The number of ether oxygens (including phenoxy) is 1. The molecule has 3 aliphatic rings. The Morgan fingerprint density at radius 1 is 0.741 bits per heavy atom. The molecule has 0 saturated carbocycles. The van der Waals surface area contributed by atoms with Crippen molar-refractivity contribution in [3.8, 4) is 5.88 Å². The average Bonchev–Trinajstić information content (AvgIpc) is 1.69. The molecule has 1 amide bonds. The van der Waals surface area contributed by atoms with Crippen LogP contribution in [0.5, 0.6) is 5.88 Å². The zero-order chi connectivity index (χ0) is 61.2. The van der Waals surface area contributed by atoms with Crippen LogP contribution < -0.4 is 20.7 Å². The van der Waals surface area contributed by atoms with Gasteiger partial charge in [0.25, 0.3) is 40.5 Å². The fourth-order valence-corrected chi connectivity index (χ4v) is 13.4. The third-order valence-corrected chi connectivity index (χ3v) is 18.8. The molecule has 3 aromatic carbocycles. The van der Waals surface area contributed by atoms with Gasteiger partial charge in [0.15, 0.2) is 16.9 Å². The van der Waals surface area contributed by atoms with E-state index in [0.717, 1.165) is 22.4 Å². The summed E-state index contributed by atoms with van der Waals surface area (Å²) in [6.45, 7) is 5.15. The summed E-state index contributed by atoms with van der Waals surface area (Å²) in [6, 6.07) is 16.3. The highest BCUT2D eigenvalue weighted by molar-refractivity contribution is 7.86. The van der Waals surface area contributed by atoms with Gasteiger partial charge in [0, 0.05) is 60.4 Å². The summed E-state index contributed by atoms with van der Waals surface area (Å²) in [6.07, 6.45) is 25.4. The fraction of sp³-hybridized carbons (Fsp3) is 0.373. The maximum atomic E-state index is 13.2. The van der Waals surface area contributed by atoms with Crippen molar-refractivity contribution in [2.24, 2.45) is 0 Å². The Morgan fingerprint density at radius 2 is 1.39 bits per heavy atom. The smallest absolute Gasteiger partial charge is 0.294 e. The monoisotopic (exact) mass is 1240 g/mol. The average molecular weight is 1240 g/mol. The van der Waals surface area contributed by atoms with E-state index in [-0.39, 0.29) is 66.2 Å². The van der Waals surface area contributed by atoms with Gasteiger partial charge in [-0.3, -0.25) is 23.0 Å². The van der Waals surface area contributed by atoms with Gasteiger partial charge in [-0.05, 0) is 117 Å². The molecule has 1 aliphatic carbocycles. The summed E-state index contributed by atoms with van der Waals surface area (Å²) in [4.78, 5) is 29.9. The third-order valence-electron chi connectivity index (χ3n) is 15.5. The largest absolute Gasteiger partial charge is 0.471 e. The molecule has 4 heterocycles. The van der Waals surface area contributed by atoms with Gasteiger partial charge in [0.05, 0.1) is 33.0 Å². The van der Waals surface area contributed by atoms with E-state index in [1.807, 2.05) is 104 Å². The molecule has 0 fully saturated rings. The number of imidazole rings is 1. The Kier molecular flexibility index (Phi) is 20.3. The van der Waals surface area contributed by atoms with Crippen molar-refractivity contribution in [1.29, 1.82) is 0 Å². The van der Waals surface area contributed by atoms with Crippen LogP contribution >= 0.6 is 0 Å². The van der Waals surface area contributed by atoms with Crippen LogP contribution in [0.1, 0.15) is 113 Å². The molecular weight excluding hydrogens is 1170 g/mol. The molecule has 5 aromatic rings. The predicted molar refractivity (Wildman–Crippen MR) is 324 cm³/mol. The number of H-pyrrole nitrogens is 1. The number of aromatic amines is 1. The first-order valence-corrected chi connectivity index (χ1v) is 33.9. The predicted octanol–water partition coefficient (Wildman–Crippen LogP) is 8.96. The van der Waals surface area contributed by atoms with Gasteiger partial charge in [-0.25, -0.2) is 4.98 Å². The minimum atomic E-state index is -4.69. The number of hydrogen-bond donors (Lipinski definition) is 7. The summed E-state index contributed by atoms with van der Waals surface area (Å²) >= 11 is 0. The van der Waals surface area contributed by atoms with Crippen molar-refractivity contribution in [1.82, 2.24) is 25.3 Å². The van der Waals surface area contributed by atoms with Crippen LogP contribution in [0.3, 0.4) is 0 Å². The zero-order valence-electron chi connectivity index (χ0n) is 47.2. The quantitative estimate of drug-likeness (QED) is 0.0133. The lowest BCUT2D eigenvalue weighted by atomic mass is 9.75. The van der Waals surface area contributed by atoms with Gasteiger partial charge >= 0.3 is 0 Å². The Labute approximate surface area is 496 Å². The number of carbonyl (C=O) groups excluding carboxylic acids is 1. The van der Waals surface area contributed by atoms with Crippen molar-refractivity contribution in [2.45, 2.75) is 125 Å². The van der Waals surface area contributed by atoms with Gasteiger partial charge in [-0.2, -0.15) is 48.2 Å². The molecule has 2 aromatic heterocycles. The molecule has 0 bridgehead atoms. The highest BCUT2D eigenvalue weighted by atomic mass is 32.2. The van der Waals surface area contributed by atoms with E-state index in [4.69, 9.17) is 10.5 Å². The SMILES string of the molecule is CC1(CCCCS(=O)(=O)O)C(/C=C/C=C2/N(CCCCCC(=O)NCc3ccc(COc4nc(N)nc5[nH]cnc45)cc3)c3ccc(S(=O)(=O)O)cc3C2(C)CCCCS(=O)(=O)O)=[N+](CCCC2=C/C=C\C=C/C=C\2)c2ccc(S(=O)(=O)O)cc21. The van der Waals surface area contributed by atoms with Crippen molar-refractivity contribution in [3.63, 3.8) is 0 Å². The number of unbranched alkanes of at least 4 members (excludes halogenated alkanes) is 4. The molecule has 22 nitrogen and oxygen atoms in total. The molecule has 8 N–H and O–H groups in total. The molecule has 85 heavy (non-hydrogen) atoms. The van der Waals surface area contributed by atoms with Crippen molar-refractivity contribution < 1.29 is 66.0 Å². The van der Waals surface area contributed by atoms with Crippen LogP contribution in [0, 0.1) is 0 Å².